The summed E-state index contributed by atoms with van der Waals surface area (Å²) in [6, 6.07) is 1.81. The van der Waals surface area contributed by atoms with Crippen LogP contribution in [0.25, 0.3) is 0 Å². The average Bonchev–Trinajstić information content (AvgIpc) is 2.75. The highest BCUT2D eigenvalue weighted by Crippen LogP contribution is 2.22. The van der Waals surface area contributed by atoms with Crippen molar-refractivity contribution < 1.29 is 13.2 Å². The highest BCUT2D eigenvalue weighted by atomic mass is 32.2. The van der Waals surface area contributed by atoms with Crippen molar-refractivity contribution in [3.05, 3.63) is 0 Å². The molecule has 1 rings (SSSR count). The maximum Gasteiger partial charge on any atom is 0.227 e. The van der Waals surface area contributed by atoms with Crippen LogP contribution in [0.1, 0.15) is 33.1 Å². The standard InChI is InChI=1S/C11H20N2O3S/c1-3-10(7-12)17(14,15)13-8-9-5-6-16-11(9)4-2/h9-11,13H,3-6,8H2,1-2H3. The van der Waals surface area contributed by atoms with E-state index in [0.29, 0.717) is 19.6 Å². The van der Waals surface area contributed by atoms with Gasteiger partial charge in [-0.2, -0.15) is 5.26 Å². The number of nitriles is 1. The van der Waals surface area contributed by atoms with Crippen molar-refractivity contribution in [2.45, 2.75) is 44.5 Å². The van der Waals surface area contributed by atoms with E-state index in [4.69, 9.17) is 10.00 Å². The van der Waals surface area contributed by atoms with Gasteiger partial charge in [-0.25, -0.2) is 13.1 Å². The second kappa shape index (κ2) is 6.34. The lowest BCUT2D eigenvalue weighted by atomic mass is 10.0. The van der Waals surface area contributed by atoms with Gasteiger partial charge in [0, 0.05) is 19.1 Å². The Bertz CT molecular complexity index is 375. The first kappa shape index (κ1) is 14.4. The van der Waals surface area contributed by atoms with E-state index in [1.54, 1.807) is 6.92 Å². The fourth-order valence-electron chi connectivity index (χ4n) is 2.08. The smallest absolute Gasteiger partial charge is 0.227 e. The Labute approximate surface area is 103 Å². The van der Waals surface area contributed by atoms with Crippen LogP contribution in [0.2, 0.25) is 0 Å². The fraction of sp³-hybridized carbons (Fsp3) is 0.909. The summed E-state index contributed by atoms with van der Waals surface area (Å²) in [4.78, 5) is 0. The third-order valence-corrected chi connectivity index (χ3v) is 4.94. The van der Waals surface area contributed by atoms with Crippen LogP contribution in [0.15, 0.2) is 0 Å². The molecule has 0 saturated carbocycles. The Balaban J connectivity index is 2.53. The number of nitrogens with zero attached hydrogens (tertiary/aromatic N) is 1. The van der Waals surface area contributed by atoms with Gasteiger partial charge in [0.25, 0.3) is 0 Å². The van der Waals surface area contributed by atoms with Gasteiger partial charge in [-0.3, -0.25) is 0 Å². The molecule has 17 heavy (non-hydrogen) atoms. The molecule has 0 amide bonds. The molecule has 0 aliphatic carbocycles. The fourth-order valence-corrected chi connectivity index (χ4v) is 3.31. The highest BCUT2D eigenvalue weighted by molar-refractivity contribution is 7.90. The first-order chi connectivity index (χ1) is 8.05. The molecule has 1 aliphatic heterocycles. The number of sulfonamides is 1. The van der Waals surface area contributed by atoms with Crippen molar-refractivity contribution in [1.29, 1.82) is 5.26 Å². The van der Waals surface area contributed by atoms with Crippen molar-refractivity contribution in [2.75, 3.05) is 13.2 Å². The zero-order chi connectivity index (χ0) is 12.9. The molecule has 98 valence electrons. The summed E-state index contributed by atoms with van der Waals surface area (Å²) in [5, 5.41) is 7.80. The third kappa shape index (κ3) is 3.66. The molecule has 1 saturated heterocycles. The van der Waals surface area contributed by atoms with Crippen LogP contribution < -0.4 is 4.72 Å². The first-order valence-corrected chi connectivity index (χ1v) is 7.59. The minimum atomic E-state index is -3.51. The summed E-state index contributed by atoms with van der Waals surface area (Å²) >= 11 is 0. The molecule has 1 N–H and O–H groups in total. The molecule has 1 heterocycles. The second-order valence-electron chi connectivity index (χ2n) is 4.29. The summed E-state index contributed by atoms with van der Waals surface area (Å²) in [6.45, 7) is 4.79. The van der Waals surface area contributed by atoms with Crippen LogP contribution in [-0.4, -0.2) is 32.9 Å². The minimum Gasteiger partial charge on any atom is -0.378 e. The molecule has 0 aromatic rings. The SMILES string of the molecule is CCC1OCCC1CNS(=O)(=O)C(C#N)CC. The molecule has 1 aliphatic rings. The van der Waals surface area contributed by atoms with E-state index in [9.17, 15) is 8.42 Å². The summed E-state index contributed by atoms with van der Waals surface area (Å²) < 4.78 is 31.6. The van der Waals surface area contributed by atoms with Crippen molar-refractivity contribution in [3.63, 3.8) is 0 Å². The molecule has 0 bridgehead atoms. The molecule has 0 radical (unpaired) electrons. The average molecular weight is 260 g/mol. The second-order valence-corrected chi connectivity index (χ2v) is 6.23. The molecule has 0 spiro atoms. The van der Waals surface area contributed by atoms with E-state index in [-0.39, 0.29) is 12.0 Å². The summed E-state index contributed by atoms with van der Waals surface area (Å²) in [7, 11) is -3.51. The van der Waals surface area contributed by atoms with Gasteiger partial charge in [0.2, 0.25) is 10.0 Å². The molecular formula is C11H20N2O3S. The van der Waals surface area contributed by atoms with Gasteiger partial charge < -0.3 is 4.74 Å². The number of hydrogen-bond acceptors (Lipinski definition) is 4. The van der Waals surface area contributed by atoms with Gasteiger partial charge in [-0.1, -0.05) is 13.8 Å². The van der Waals surface area contributed by atoms with Crippen LogP contribution in [0.4, 0.5) is 0 Å². The van der Waals surface area contributed by atoms with Crippen molar-refractivity contribution in [1.82, 2.24) is 4.72 Å². The first-order valence-electron chi connectivity index (χ1n) is 6.04. The Morgan fingerprint density at radius 2 is 2.24 bits per heavy atom. The van der Waals surface area contributed by atoms with Gasteiger partial charge in [-0.05, 0) is 19.3 Å². The highest BCUT2D eigenvalue weighted by Gasteiger charge is 2.30. The van der Waals surface area contributed by atoms with Crippen molar-refractivity contribution >= 4 is 10.0 Å². The van der Waals surface area contributed by atoms with E-state index >= 15 is 0 Å². The lowest BCUT2D eigenvalue weighted by Crippen LogP contribution is -2.38. The molecule has 1 fully saturated rings. The van der Waals surface area contributed by atoms with E-state index < -0.39 is 15.3 Å². The molecule has 0 aromatic heterocycles. The third-order valence-electron chi connectivity index (χ3n) is 3.18. The van der Waals surface area contributed by atoms with Crippen molar-refractivity contribution in [3.8, 4) is 6.07 Å². The van der Waals surface area contributed by atoms with E-state index in [1.165, 1.54) is 0 Å². The Hall–Kier alpha value is -0.640. The molecule has 6 heteroatoms. The van der Waals surface area contributed by atoms with Crippen LogP contribution in [0, 0.1) is 17.2 Å². The van der Waals surface area contributed by atoms with Gasteiger partial charge >= 0.3 is 0 Å². The van der Waals surface area contributed by atoms with Gasteiger partial charge in [0.05, 0.1) is 12.2 Å². The van der Waals surface area contributed by atoms with E-state index in [0.717, 1.165) is 12.8 Å². The lowest BCUT2D eigenvalue weighted by molar-refractivity contribution is 0.0884. The zero-order valence-electron chi connectivity index (χ0n) is 10.3. The minimum absolute atomic E-state index is 0.139. The van der Waals surface area contributed by atoms with Crippen LogP contribution >= 0.6 is 0 Å². The number of nitrogens with one attached hydrogen (secondary N) is 1. The van der Waals surface area contributed by atoms with Crippen LogP contribution in [-0.2, 0) is 14.8 Å². The summed E-state index contributed by atoms with van der Waals surface area (Å²) in [5.41, 5.74) is 0. The molecule has 3 atom stereocenters. The monoisotopic (exact) mass is 260 g/mol. The van der Waals surface area contributed by atoms with E-state index in [1.807, 2.05) is 13.0 Å². The number of rotatable bonds is 6. The predicted octanol–water partition coefficient (Wildman–Crippen LogP) is 1.02. The van der Waals surface area contributed by atoms with Crippen LogP contribution in [0.5, 0.6) is 0 Å². The molecule has 5 nitrogen and oxygen atoms in total. The van der Waals surface area contributed by atoms with Gasteiger partial charge in [0.1, 0.15) is 0 Å². The Morgan fingerprint density at radius 3 is 2.76 bits per heavy atom. The summed E-state index contributed by atoms with van der Waals surface area (Å²) in [5.74, 6) is 0.228. The molecule has 3 unspecified atom stereocenters. The van der Waals surface area contributed by atoms with Crippen molar-refractivity contribution in [2.24, 2.45) is 5.92 Å². The molecular weight excluding hydrogens is 240 g/mol. The normalized spacial score (nSPS) is 26.6. The largest absolute Gasteiger partial charge is 0.378 e. The zero-order valence-corrected chi connectivity index (χ0v) is 11.2. The summed E-state index contributed by atoms with van der Waals surface area (Å²) in [6.07, 6.45) is 2.22. The maximum atomic E-state index is 11.8. The topological polar surface area (TPSA) is 79.2 Å². The van der Waals surface area contributed by atoms with E-state index in [2.05, 4.69) is 4.72 Å². The van der Waals surface area contributed by atoms with Crippen LogP contribution in [0.3, 0.4) is 0 Å². The van der Waals surface area contributed by atoms with Gasteiger partial charge in [-0.15, -0.1) is 0 Å². The molecule has 0 aromatic carbocycles. The lowest BCUT2D eigenvalue weighted by Gasteiger charge is -2.18. The predicted molar refractivity (Wildman–Crippen MR) is 64.8 cm³/mol. The maximum absolute atomic E-state index is 11.8. The van der Waals surface area contributed by atoms with Gasteiger partial charge in [0.15, 0.2) is 5.25 Å². The number of hydrogen-bond donors (Lipinski definition) is 1. The quantitative estimate of drug-likeness (QED) is 0.773. The number of ether oxygens (including phenoxy) is 1. The Morgan fingerprint density at radius 1 is 1.53 bits per heavy atom. The Kier molecular flexibility index (Phi) is 5.37.